The number of amides is 1. The van der Waals surface area contributed by atoms with Crippen molar-refractivity contribution in [1.82, 2.24) is 24.9 Å². The fraction of sp³-hybridized carbons (Fsp3) is 0.167. The third kappa shape index (κ3) is 4.09. The number of aryl methyl sites for hydroxylation is 1. The van der Waals surface area contributed by atoms with Crippen molar-refractivity contribution >= 4 is 22.9 Å². The number of pyridine rings is 1. The van der Waals surface area contributed by atoms with E-state index < -0.39 is 0 Å². The normalized spacial score (nSPS) is 10.8. The highest BCUT2D eigenvalue weighted by atomic mass is 32.1. The predicted octanol–water partition coefficient (Wildman–Crippen LogP) is 3.34. The summed E-state index contributed by atoms with van der Waals surface area (Å²) in [5.41, 5.74) is 0.615. The molecule has 4 aromatic rings. The van der Waals surface area contributed by atoms with Crippen LogP contribution in [-0.4, -0.2) is 30.8 Å². The first-order valence-electron chi connectivity index (χ1n) is 8.41. The van der Waals surface area contributed by atoms with Crippen LogP contribution in [0.1, 0.15) is 18.7 Å². The van der Waals surface area contributed by atoms with E-state index in [1.807, 2.05) is 17.5 Å². The van der Waals surface area contributed by atoms with Gasteiger partial charge >= 0.3 is 0 Å². The molecular weight excluding hydrogens is 364 g/mol. The monoisotopic (exact) mass is 380 g/mol. The molecule has 0 aliphatic rings. The van der Waals surface area contributed by atoms with Crippen LogP contribution in [0.3, 0.4) is 0 Å². The van der Waals surface area contributed by atoms with Crippen molar-refractivity contribution in [2.75, 3.05) is 5.32 Å². The van der Waals surface area contributed by atoms with Gasteiger partial charge in [0.2, 0.25) is 17.6 Å². The summed E-state index contributed by atoms with van der Waals surface area (Å²) in [7, 11) is 0. The van der Waals surface area contributed by atoms with Gasteiger partial charge in [0.25, 0.3) is 0 Å². The van der Waals surface area contributed by atoms with Gasteiger partial charge in [0.1, 0.15) is 0 Å². The lowest BCUT2D eigenvalue weighted by atomic mass is 10.2. The Morgan fingerprint density at radius 2 is 2.19 bits per heavy atom. The summed E-state index contributed by atoms with van der Waals surface area (Å²) < 4.78 is 6.86. The van der Waals surface area contributed by atoms with Gasteiger partial charge in [-0.2, -0.15) is 10.1 Å². The molecule has 136 valence electrons. The molecule has 4 heterocycles. The lowest BCUT2D eigenvalue weighted by Crippen LogP contribution is -2.14. The molecule has 27 heavy (non-hydrogen) atoms. The Labute approximate surface area is 158 Å². The number of nitrogens with one attached hydrogen (secondary N) is 1. The van der Waals surface area contributed by atoms with E-state index in [-0.39, 0.29) is 5.91 Å². The Morgan fingerprint density at radius 3 is 3.00 bits per heavy atom. The van der Waals surface area contributed by atoms with Crippen molar-refractivity contribution in [3.05, 3.63) is 60.2 Å². The lowest BCUT2D eigenvalue weighted by Gasteiger charge is -2.09. The molecule has 8 nitrogen and oxygen atoms in total. The van der Waals surface area contributed by atoms with Crippen molar-refractivity contribution in [2.24, 2.45) is 0 Å². The van der Waals surface area contributed by atoms with Gasteiger partial charge in [0, 0.05) is 31.4 Å². The molecule has 0 radical (unpaired) electrons. The van der Waals surface area contributed by atoms with E-state index in [1.165, 1.54) is 0 Å². The highest BCUT2D eigenvalue weighted by molar-refractivity contribution is 7.13. The minimum Gasteiger partial charge on any atom is -0.339 e. The molecule has 4 aromatic heterocycles. The van der Waals surface area contributed by atoms with Gasteiger partial charge in [0.05, 0.1) is 10.6 Å². The molecule has 0 aromatic carbocycles. The Bertz CT molecular complexity index is 1010. The van der Waals surface area contributed by atoms with Gasteiger partial charge < -0.3 is 9.84 Å². The van der Waals surface area contributed by atoms with Gasteiger partial charge in [-0.1, -0.05) is 11.2 Å². The van der Waals surface area contributed by atoms with Crippen LogP contribution in [0.25, 0.3) is 16.5 Å². The average Bonchev–Trinajstić information content (AvgIpc) is 3.44. The van der Waals surface area contributed by atoms with E-state index in [0.717, 1.165) is 4.88 Å². The van der Waals surface area contributed by atoms with Gasteiger partial charge in [-0.15, -0.1) is 11.3 Å². The molecule has 1 amide bonds. The minimum absolute atomic E-state index is 0.102. The number of hydrogen-bond donors (Lipinski definition) is 1. The summed E-state index contributed by atoms with van der Waals surface area (Å²) in [4.78, 5) is 21.9. The number of carbonyl (C=O) groups is 1. The number of rotatable bonds is 7. The molecule has 0 saturated carbocycles. The molecule has 0 aliphatic heterocycles. The quantitative estimate of drug-likeness (QED) is 0.528. The molecule has 0 saturated heterocycles. The Hall–Kier alpha value is -3.33. The third-order valence-electron chi connectivity index (χ3n) is 3.79. The first kappa shape index (κ1) is 17.1. The van der Waals surface area contributed by atoms with E-state index >= 15 is 0 Å². The van der Waals surface area contributed by atoms with Crippen molar-refractivity contribution in [1.29, 1.82) is 0 Å². The summed E-state index contributed by atoms with van der Waals surface area (Å²) in [5.74, 6) is 1.59. The van der Waals surface area contributed by atoms with Crippen LogP contribution < -0.4 is 5.32 Å². The number of hydrogen-bond acceptors (Lipinski definition) is 7. The highest BCUT2D eigenvalue weighted by Gasteiger charge is 2.12. The molecule has 4 rings (SSSR count). The van der Waals surface area contributed by atoms with Crippen LogP contribution in [0.2, 0.25) is 0 Å². The SMILES string of the molecule is O=C(CCCc1nc(-c2cccs2)no1)Nc1cccnc1-n1cccn1. The van der Waals surface area contributed by atoms with E-state index in [0.29, 0.717) is 42.5 Å². The van der Waals surface area contributed by atoms with Crippen LogP contribution in [-0.2, 0) is 11.2 Å². The van der Waals surface area contributed by atoms with Crippen LogP contribution in [0.15, 0.2) is 58.8 Å². The largest absolute Gasteiger partial charge is 0.339 e. The van der Waals surface area contributed by atoms with Crippen molar-refractivity contribution < 1.29 is 9.32 Å². The van der Waals surface area contributed by atoms with Crippen LogP contribution in [0.4, 0.5) is 5.69 Å². The molecule has 0 aliphatic carbocycles. The van der Waals surface area contributed by atoms with E-state index in [2.05, 4.69) is 25.5 Å². The second-order valence-electron chi connectivity index (χ2n) is 5.72. The van der Waals surface area contributed by atoms with Gasteiger partial charge in [-0.25, -0.2) is 9.67 Å². The summed E-state index contributed by atoms with van der Waals surface area (Å²) in [6.45, 7) is 0. The van der Waals surface area contributed by atoms with Gasteiger partial charge in [-0.3, -0.25) is 4.79 Å². The maximum atomic E-state index is 12.3. The van der Waals surface area contributed by atoms with E-state index in [1.54, 1.807) is 52.8 Å². The molecule has 1 N–H and O–H groups in total. The maximum absolute atomic E-state index is 12.3. The molecule has 0 unspecified atom stereocenters. The fourth-order valence-electron chi connectivity index (χ4n) is 2.55. The van der Waals surface area contributed by atoms with Crippen LogP contribution in [0, 0.1) is 0 Å². The smallest absolute Gasteiger partial charge is 0.226 e. The second kappa shape index (κ2) is 7.92. The minimum atomic E-state index is -0.102. The molecule has 0 atom stereocenters. The molecule has 0 bridgehead atoms. The Morgan fingerprint density at radius 1 is 1.22 bits per heavy atom. The molecule has 0 spiro atoms. The summed E-state index contributed by atoms with van der Waals surface area (Å²) >= 11 is 1.56. The zero-order chi connectivity index (χ0) is 18.5. The fourth-order valence-corrected chi connectivity index (χ4v) is 3.20. The lowest BCUT2D eigenvalue weighted by molar-refractivity contribution is -0.116. The highest BCUT2D eigenvalue weighted by Crippen LogP contribution is 2.22. The molecular formula is C18H16N6O2S. The van der Waals surface area contributed by atoms with Crippen LogP contribution >= 0.6 is 11.3 Å². The van der Waals surface area contributed by atoms with Crippen molar-refractivity contribution in [2.45, 2.75) is 19.3 Å². The molecule has 0 fully saturated rings. The zero-order valence-corrected chi connectivity index (χ0v) is 15.1. The van der Waals surface area contributed by atoms with E-state index in [9.17, 15) is 4.79 Å². The maximum Gasteiger partial charge on any atom is 0.226 e. The number of nitrogens with zero attached hydrogens (tertiary/aromatic N) is 5. The van der Waals surface area contributed by atoms with Crippen molar-refractivity contribution in [3.63, 3.8) is 0 Å². The Balaban J connectivity index is 1.32. The summed E-state index contributed by atoms with van der Waals surface area (Å²) in [6, 6.07) is 9.25. The van der Waals surface area contributed by atoms with Gasteiger partial charge in [0.15, 0.2) is 5.82 Å². The second-order valence-corrected chi connectivity index (χ2v) is 6.66. The van der Waals surface area contributed by atoms with Crippen LogP contribution in [0.5, 0.6) is 0 Å². The number of aromatic nitrogens is 5. The standard InChI is InChI=1S/C18H16N6O2S/c25-15(21-13-5-2-9-19-18(13)24-11-4-10-20-24)7-1-8-16-22-17(23-26-16)14-6-3-12-27-14/h2-6,9-12H,1,7-8H2,(H,21,25). The number of thiophene rings is 1. The van der Waals surface area contributed by atoms with Gasteiger partial charge in [-0.05, 0) is 36.1 Å². The number of anilines is 1. The Kier molecular flexibility index (Phi) is 5.01. The number of carbonyl (C=O) groups excluding carboxylic acids is 1. The molecule has 9 heteroatoms. The first-order chi connectivity index (χ1) is 13.3. The summed E-state index contributed by atoms with van der Waals surface area (Å²) in [6.07, 6.45) is 6.59. The summed E-state index contributed by atoms with van der Waals surface area (Å²) in [5, 5.41) is 13.0. The zero-order valence-electron chi connectivity index (χ0n) is 14.3. The predicted molar refractivity (Wildman–Crippen MR) is 101 cm³/mol. The first-order valence-corrected chi connectivity index (χ1v) is 9.29. The van der Waals surface area contributed by atoms with E-state index in [4.69, 9.17) is 4.52 Å². The average molecular weight is 380 g/mol. The third-order valence-corrected chi connectivity index (χ3v) is 4.65. The van der Waals surface area contributed by atoms with Crippen molar-refractivity contribution in [3.8, 4) is 16.5 Å². The topological polar surface area (TPSA) is 98.7 Å².